The van der Waals surface area contributed by atoms with E-state index in [2.05, 4.69) is 10.2 Å². The first-order chi connectivity index (χ1) is 9.63. The number of carboxylic acids is 1. The number of nitrogens with zero attached hydrogens (tertiary/aromatic N) is 1. The van der Waals surface area contributed by atoms with Gasteiger partial charge in [-0.2, -0.15) is 0 Å². The van der Waals surface area contributed by atoms with Crippen molar-refractivity contribution in [1.82, 2.24) is 10.2 Å². The Morgan fingerprint density at radius 3 is 2.95 bits per heavy atom. The highest BCUT2D eigenvalue weighted by molar-refractivity contribution is 5.84. The molecule has 2 atom stereocenters. The highest BCUT2D eigenvalue weighted by Crippen LogP contribution is 2.31. The minimum atomic E-state index is -1.01. The number of aromatic carboxylic acids is 1. The molecule has 0 amide bonds. The number of rotatable bonds is 6. The standard InChI is InChI=1S/C15H22N2O3/c1-10(13-4-5-14(20-13)15(18)19)16-8-11-6-7-17(9-11)12-2-3-12/h4-5,10-12,16H,2-3,6-9H2,1H3,(H,18,19). The summed E-state index contributed by atoms with van der Waals surface area (Å²) in [6.45, 7) is 5.41. The number of carboxylic acid groups (broad SMARTS) is 1. The van der Waals surface area contributed by atoms with E-state index in [1.54, 1.807) is 6.07 Å². The molecule has 0 radical (unpaired) electrons. The molecule has 110 valence electrons. The van der Waals surface area contributed by atoms with Crippen molar-refractivity contribution in [3.05, 3.63) is 23.7 Å². The number of nitrogens with one attached hydrogen (secondary N) is 1. The fourth-order valence-electron chi connectivity index (χ4n) is 2.95. The second-order valence-corrected chi connectivity index (χ2v) is 6.02. The van der Waals surface area contributed by atoms with Gasteiger partial charge in [0.05, 0.1) is 6.04 Å². The molecule has 0 spiro atoms. The molecule has 2 unspecified atom stereocenters. The van der Waals surface area contributed by atoms with Crippen LogP contribution in [0.3, 0.4) is 0 Å². The zero-order valence-corrected chi connectivity index (χ0v) is 11.8. The number of hydrogen-bond acceptors (Lipinski definition) is 4. The van der Waals surface area contributed by atoms with Crippen molar-refractivity contribution >= 4 is 5.97 Å². The van der Waals surface area contributed by atoms with Gasteiger partial charge in [0, 0.05) is 12.6 Å². The Hall–Kier alpha value is -1.33. The minimum Gasteiger partial charge on any atom is -0.475 e. The quantitative estimate of drug-likeness (QED) is 0.834. The molecule has 2 fully saturated rings. The first-order valence-electron chi connectivity index (χ1n) is 7.44. The summed E-state index contributed by atoms with van der Waals surface area (Å²) in [6, 6.07) is 4.17. The lowest BCUT2D eigenvalue weighted by Gasteiger charge is -2.17. The van der Waals surface area contributed by atoms with Crippen LogP contribution in [0.15, 0.2) is 16.5 Å². The number of carbonyl (C=O) groups is 1. The zero-order valence-electron chi connectivity index (χ0n) is 11.8. The summed E-state index contributed by atoms with van der Waals surface area (Å²) < 4.78 is 5.32. The van der Waals surface area contributed by atoms with E-state index in [-0.39, 0.29) is 11.8 Å². The van der Waals surface area contributed by atoms with Crippen LogP contribution in [0.2, 0.25) is 0 Å². The maximum Gasteiger partial charge on any atom is 0.371 e. The first-order valence-corrected chi connectivity index (χ1v) is 7.44. The molecule has 5 heteroatoms. The van der Waals surface area contributed by atoms with Gasteiger partial charge in [-0.1, -0.05) is 0 Å². The fraction of sp³-hybridized carbons (Fsp3) is 0.667. The molecule has 1 aromatic heterocycles. The van der Waals surface area contributed by atoms with Gasteiger partial charge < -0.3 is 19.7 Å². The number of likely N-dealkylation sites (tertiary alicyclic amines) is 1. The second-order valence-electron chi connectivity index (χ2n) is 6.02. The average molecular weight is 278 g/mol. The molecule has 2 heterocycles. The maximum atomic E-state index is 10.8. The van der Waals surface area contributed by atoms with Crippen LogP contribution in [0.1, 0.15) is 48.5 Å². The zero-order chi connectivity index (χ0) is 14.1. The van der Waals surface area contributed by atoms with Crippen LogP contribution in [0.25, 0.3) is 0 Å². The SMILES string of the molecule is CC(NCC1CCN(C2CC2)C1)c1ccc(C(=O)O)o1. The van der Waals surface area contributed by atoms with Gasteiger partial charge in [-0.15, -0.1) is 0 Å². The normalized spacial score (nSPS) is 24.9. The van der Waals surface area contributed by atoms with Crippen molar-refractivity contribution in [2.24, 2.45) is 5.92 Å². The monoisotopic (exact) mass is 278 g/mol. The molecule has 1 saturated carbocycles. The first kappa shape index (κ1) is 13.6. The van der Waals surface area contributed by atoms with Crippen molar-refractivity contribution < 1.29 is 14.3 Å². The van der Waals surface area contributed by atoms with Gasteiger partial charge in [0.25, 0.3) is 0 Å². The van der Waals surface area contributed by atoms with Gasteiger partial charge in [0.15, 0.2) is 0 Å². The molecule has 1 aromatic rings. The van der Waals surface area contributed by atoms with Crippen molar-refractivity contribution in [2.75, 3.05) is 19.6 Å². The highest BCUT2D eigenvalue weighted by atomic mass is 16.4. The Balaban J connectivity index is 1.46. The second kappa shape index (κ2) is 5.58. The Morgan fingerprint density at radius 1 is 1.50 bits per heavy atom. The smallest absolute Gasteiger partial charge is 0.371 e. The molecule has 2 aliphatic rings. The van der Waals surface area contributed by atoms with Gasteiger partial charge in [-0.05, 0) is 57.3 Å². The third-order valence-corrected chi connectivity index (χ3v) is 4.36. The van der Waals surface area contributed by atoms with E-state index >= 15 is 0 Å². The van der Waals surface area contributed by atoms with Gasteiger partial charge in [0.1, 0.15) is 5.76 Å². The molecule has 1 aliphatic carbocycles. The number of furan rings is 1. The van der Waals surface area contributed by atoms with E-state index in [1.165, 1.54) is 38.4 Å². The summed E-state index contributed by atoms with van der Waals surface area (Å²) >= 11 is 0. The molecule has 1 saturated heterocycles. The topological polar surface area (TPSA) is 65.7 Å². The molecule has 20 heavy (non-hydrogen) atoms. The fourth-order valence-corrected chi connectivity index (χ4v) is 2.95. The molecular weight excluding hydrogens is 256 g/mol. The third kappa shape index (κ3) is 3.04. The van der Waals surface area contributed by atoms with Crippen LogP contribution in [0.5, 0.6) is 0 Å². The number of hydrogen-bond donors (Lipinski definition) is 2. The predicted molar refractivity (Wildman–Crippen MR) is 74.8 cm³/mol. The summed E-state index contributed by atoms with van der Waals surface area (Å²) in [7, 11) is 0. The average Bonchev–Trinajstić information content (AvgIpc) is 2.98. The molecular formula is C15H22N2O3. The third-order valence-electron chi connectivity index (χ3n) is 4.36. The predicted octanol–water partition coefficient (Wildman–Crippen LogP) is 2.11. The summed E-state index contributed by atoms with van der Waals surface area (Å²) in [4.78, 5) is 13.4. The minimum absolute atomic E-state index is 0.00873. The van der Waals surface area contributed by atoms with Crippen LogP contribution in [-0.4, -0.2) is 41.7 Å². The van der Waals surface area contributed by atoms with E-state index in [4.69, 9.17) is 9.52 Å². The highest BCUT2D eigenvalue weighted by Gasteiger charge is 2.34. The van der Waals surface area contributed by atoms with Gasteiger partial charge in [-0.25, -0.2) is 4.79 Å². The molecule has 5 nitrogen and oxygen atoms in total. The summed E-state index contributed by atoms with van der Waals surface area (Å²) in [5.74, 6) is 0.389. The van der Waals surface area contributed by atoms with Crippen LogP contribution in [-0.2, 0) is 0 Å². The van der Waals surface area contributed by atoms with E-state index in [1.807, 2.05) is 6.92 Å². The maximum absolute atomic E-state index is 10.8. The Kier molecular flexibility index (Phi) is 3.81. The van der Waals surface area contributed by atoms with Crippen molar-refractivity contribution in [1.29, 1.82) is 0 Å². The van der Waals surface area contributed by atoms with Crippen molar-refractivity contribution in [3.63, 3.8) is 0 Å². The Labute approximate surface area is 118 Å². The van der Waals surface area contributed by atoms with E-state index in [0.29, 0.717) is 11.7 Å². The lowest BCUT2D eigenvalue weighted by molar-refractivity contribution is 0.0659. The lowest BCUT2D eigenvalue weighted by atomic mass is 10.1. The van der Waals surface area contributed by atoms with Crippen LogP contribution in [0.4, 0.5) is 0 Å². The Bertz CT molecular complexity index is 481. The molecule has 1 aliphatic heterocycles. The van der Waals surface area contributed by atoms with E-state index < -0.39 is 5.97 Å². The van der Waals surface area contributed by atoms with Crippen molar-refractivity contribution in [3.8, 4) is 0 Å². The summed E-state index contributed by atoms with van der Waals surface area (Å²) in [6.07, 6.45) is 4.01. The lowest BCUT2D eigenvalue weighted by Crippen LogP contribution is -2.29. The molecule has 0 aromatic carbocycles. The molecule has 3 rings (SSSR count). The van der Waals surface area contributed by atoms with Gasteiger partial charge in [0.2, 0.25) is 5.76 Å². The van der Waals surface area contributed by atoms with E-state index in [0.717, 1.165) is 12.6 Å². The molecule has 2 N–H and O–H groups in total. The van der Waals surface area contributed by atoms with Gasteiger partial charge >= 0.3 is 5.97 Å². The van der Waals surface area contributed by atoms with Crippen molar-refractivity contribution in [2.45, 2.75) is 38.3 Å². The summed E-state index contributed by atoms with van der Waals surface area (Å²) in [5, 5.41) is 12.3. The van der Waals surface area contributed by atoms with Crippen LogP contribution >= 0.6 is 0 Å². The van der Waals surface area contributed by atoms with Crippen LogP contribution in [0, 0.1) is 5.92 Å². The Morgan fingerprint density at radius 2 is 2.30 bits per heavy atom. The van der Waals surface area contributed by atoms with Gasteiger partial charge in [-0.3, -0.25) is 0 Å². The molecule has 0 bridgehead atoms. The largest absolute Gasteiger partial charge is 0.475 e. The van der Waals surface area contributed by atoms with Crippen LogP contribution < -0.4 is 5.32 Å². The van der Waals surface area contributed by atoms with E-state index in [9.17, 15) is 4.79 Å². The summed E-state index contributed by atoms with van der Waals surface area (Å²) in [5.41, 5.74) is 0.